The average Bonchev–Trinajstić information content (AvgIpc) is 2.92. The largest absolute Gasteiger partial charge is 0.477 e. The molecule has 1 aromatic rings. The van der Waals surface area contributed by atoms with E-state index in [9.17, 15) is 13.2 Å². The Morgan fingerprint density at radius 3 is 2.68 bits per heavy atom. The summed E-state index contributed by atoms with van der Waals surface area (Å²) in [4.78, 5) is 13.1. The standard InChI is InChI=1S/C12H18N2O4S/c1-2-3-12(4-5-12)8-14-19(17,18)9-6-10(11(15)16)13-7-9/h6-7,13-14H,2-5,8H2,1H3,(H,15,16). The van der Waals surface area contributed by atoms with Crippen LogP contribution in [-0.4, -0.2) is 31.0 Å². The van der Waals surface area contributed by atoms with Gasteiger partial charge in [0.2, 0.25) is 10.0 Å². The van der Waals surface area contributed by atoms with Crippen molar-refractivity contribution in [1.29, 1.82) is 0 Å². The molecular weight excluding hydrogens is 268 g/mol. The van der Waals surface area contributed by atoms with E-state index < -0.39 is 16.0 Å². The molecule has 1 aliphatic carbocycles. The number of nitrogens with one attached hydrogen (secondary N) is 2. The van der Waals surface area contributed by atoms with Gasteiger partial charge in [0.05, 0.1) is 0 Å². The van der Waals surface area contributed by atoms with Gasteiger partial charge in [-0.15, -0.1) is 0 Å². The van der Waals surface area contributed by atoms with Crippen LogP contribution in [0.2, 0.25) is 0 Å². The van der Waals surface area contributed by atoms with Crippen LogP contribution in [0.1, 0.15) is 43.1 Å². The van der Waals surface area contributed by atoms with E-state index in [1.54, 1.807) is 0 Å². The van der Waals surface area contributed by atoms with E-state index in [0.717, 1.165) is 31.7 Å². The number of sulfonamides is 1. The van der Waals surface area contributed by atoms with Crippen LogP contribution in [-0.2, 0) is 10.0 Å². The molecule has 1 fully saturated rings. The van der Waals surface area contributed by atoms with E-state index in [1.807, 2.05) is 0 Å². The maximum atomic E-state index is 12.0. The molecule has 0 aliphatic heterocycles. The first-order chi connectivity index (χ1) is 8.88. The average molecular weight is 286 g/mol. The Hall–Kier alpha value is -1.34. The smallest absolute Gasteiger partial charge is 0.352 e. The van der Waals surface area contributed by atoms with Gasteiger partial charge in [-0.25, -0.2) is 17.9 Å². The van der Waals surface area contributed by atoms with E-state index >= 15 is 0 Å². The van der Waals surface area contributed by atoms with Gasteiger partial charge in [0.25, 0.3) is 0 Å². The van der Waals surface area contributed by atoms with Gasteiger partial charge in [-0.3, -0.25) is 0 Å². The van der Waals surface area contributed by atoms with Crippen molar-refractivity contribution >= 4 is 16.0 Å². The minimum Gasteiger partial charge on any atom is -0.477 e. The molecule has 1 saturated carbocycles. The molecule has 1 heterocycles. The van der Waals surface area contributed by atoms with Gasteiger partial charge in [0.15, 0.2) is 0 Å². The van der Waals surface area contributed by atoms with E-state index in [-0.39, 0.29) is 16.0 Å². The molecule has 0 aromatic carbocycles. The van der Waals surface area contributed by atoms with Crippen LogP contribution >= 0.6 is 0 Å². The van der Waals surface area contributed by atoms with Crippen LogP contribution < -0.4 is 4.72 Å². The number of aromatic carboxylic acids is 1. The van der Waals surface area contributed by atoms with E-state index in [4.69, 9.17) is 5.11 Å². The second kappa shape index (κ2) is 4.97. The Labute approximate surface area is 112 Å². The van der Waals surface area contributed by atoms with Crippen molar-refractivity contribution in [3.05, 3.63) is 18.0 Å². The van der Waals surface area contributed by atoms with Crippen molar-refractivity contribution in [2.45, 2.75) is 37.5 Å². The summed E-state index contributed by atoms with van der Waals surface area (Å²) in [6, 6.07) is 1.13. The van der Waals surface area contributed by atoms with Crippen molar-refractivity contribution in [3.8, 4) is 0 Å². The van der Waals surface area contributed by atoms with Crippen LogP contribution in [0.5, 0.6) is 0 Å². The van der Waals surface area contributed by atoms with Crippen molar-refractivity contribution in [1.82, 2.24) is 9.71 Å². The fourth-order valence-corrected chi connectivity index (χ4v) is 3.36. The van der Waals surface area contributed by atoms with Gasteiger partial charge in [-0.1, -0.05) is 13.3 Å². The molecule has 1 aliphatic rings. The molecule has 0 amide bonds. The molecule has 0 spiro atoms. The van der Waals surface area contributed by atoms with Crippen LogP contribution in [0.3, 0.4) is 0 Å². The highest BCUT2D eigenvalue weighted by Gasteiger charge is 2.42. The summed E-state index contributed by atoms with van der Waals surface area (Å²) in [5.74, 6) is -1.17. The fourth-order valence-electron chi connectivity index (χ4n) is 2.21. The Bertz CT molecular complexity index is 572. The molecule has 106 valence electrons. The van der Waals surface area contributed by atoms with Gasteiger partial charge in [0, 0.05) is 12.7 Å². The lowest BCUT2D eigenvalue weighted by atomic mass is 10.0. The lowest BCUT2D eigenvalue weighted by Crippen LogP contribution is -2.30. The third kappa shape index (κ3) is 3.16. The van der Waals surface area contributed by atoms with Gasteiger partial charge >= 0.3 is 5.97 Å². The molecule has 19 heavy (non-hydrogen) atoms. The highest BCUT2D eigenvalue weighted by atomic mass is 32.2. The number of carboxylic acids is 1. The Morgan fingerprint density at radius 2 is 2.21 bits per heavy atom. The quantitative estimate of drug-likeness (QED) is 0.708. The van der Waals surface area contributed by atoms with E-state index in [0.29, 0.717) is 6.54 Å². The molecule has 1 aromatic heterocycles. The number of hydrogen-bond acceptors (Lipinski definition) is 3. The molecule has 0 unspecified atom stereocenters. The number of H-pyrrole nitrogens is 1. The van der Waals surface area contributed by atoms with E-state index in [2.05, 4.69) is 16.6 Å². The zero-order valence-electron chi connectivity index (χ0n) is 10.8. The monoisotopic (exact) mass is 286 g/mol. The zero-order valence-corrected chi connectivity index (χ0v) is 11.6. The molecule has 7 heteroatoms. The molecule has 0 radical (unpaired) electrons. The Morgan fingerprint density at radius 1 is 1.53 bits per heavy atom. The van der Waals surface area contributed by atoms with Gasteiger partial charge in [-0.05, 0) is 30.7 Å². The maximum absolute atomic E-state index is 12.0. The summed E-state index contributed by atoms with van der Waals surface area (Å²) in [6.45, 7) is 2.51. The SMILES string of the molecule is CCCC1(CNS(=O)(=O)c2c[nH]c(C(=O)O)c2)CC1. The fraction of sp³-hybridized carbons (Fsp3) is 0.583. The van der Waals surface area contributed by atoms with Gasteiger partial charge in [-0.2, -0.15) is 0 Å². The molecular formula is C12H18N2O4S. The van der Waals surface area contributed by atoms with Crippen LogP contribution in [0, 0.1) is 5.41 Å². The summed E-state index contributed by atoms with van der Waals surface area (Å²) in [5, 5.41) is 8.76. The number of aromatic amines is 1. The highest BCUT2D eigenvalue weighted by Crippen LogP contribution is 2.49. The minimum absolute atomic E-state index is 0.0304. The molecule has 0 saturated heterocycles. The van der Waals surface area contributed by atoms with Crippen molar-refractivity contribution in [2.75, 3.05) is 6.54 Å². The summed E-state index contributed by atoms with van der Waals surface area (Å²) >= 11 is 0. The summed E-state index contributed by atoms with van der Waals surface area (Å²) < 4.78 is 26.6. The Balaban J connectivity index is 2.03. The normalized spacial score (nSPS) is 17.3. The van der Waals surface area contributed by atoms with Crippen LogP contribution in [0.25, 0.3) is 0 Å². The molecule has 2 rings (SSSR count). The second-order valence-corrected chi connectivity index (χ2v) is 6.90. The summed E-state index contributed by atoms with van der Waals surface area (Å²) in [6.07, 6.45) is 5.36. The molecule has 6 nitrogen and oxygen atoms in total. The zero-order chi connectivity index (χ0) is 14.1. The first-order valence-corrected chi connectivity index (χ1v) is 7.78. The predicted octanol–water partition coefficient (Wildman–Crippen LogP) is 1.57. The third-order valence-electron chi connectivity index (χ3n) is 3.57. The van der Waals surface area contributed by atoms with Crippen LogP contribution in [0.15, 0.2) is 17.2 Å². The summed E-state index contributed by atoms with van der Waals surface area (Å²) in [7, 11) is -3.63. The van der Waals surface area contributed by atoms with Crippen molar-refractivity contribution in [2.24, 2.45) is 5.41 Å². The Kier molecular flexibility index (Phi) is 3.69. The first-order valence-electron chi connectivity index (χ1n) is 6.30. The van der Waals surface area contributed by atoms with Gasteiger partial charge in [0.1, 0.15) is 10.6 Å². The second-order valence-electron chi connectivity index (χ2n) is 5.13. The maximum Gasteiger partial charge on any atom is 0.352 e. The minimum atomic E-state index is -3.63. The lowest BCUT2D eigenvalue weighted by Gasteiger charge is -2.14. The summed E-state index contributed by atoms with van der Waals surface area (Å²) in [5.41, 5.74) is -0.0108. The molecule has 0 bridgehead atoms. The highest BCUT2D eigenvalue weighted by molar-refractivity contribution is 7.89. The lowest BCUT2D eigenvalue weighted by molar-refractivity contribution is 0.0691. The molecule has 0 atom stereocenters. The van der Waals surface area contributed by atoms with E-state index in [1.165, 1.54) is 6.20 Å². The van der Waals surface area contributed by atoms with Crippen LogP contribution in [0.4, 0.5) is 0 Å². The predicted molar refractivity (Wildman–Crippen MR) is 69.5 cm³/mol. The first kappa shape index (κ1) is 14.1. The number of aromatic nitrogens is 1. The van der Waals surface area contributed by atoms with Crippen molar-refractivity contribution in [3.63, 3.8) is 0 Å². The number of carbonyl (C=O) groups is 1. The molecule has 3 N–H and O–H groups in total. The third-order valence-corrected chi connectivity index (χ3v) is 4.95. The topological polar surface area (TPSA) is 99.3 Å². The number of carboxylic acid groups (broad SMARTS) is 1. The van der Waals surface area contributed by atoms with Crippen molar-refractivity contribution < 1.29 is 18.3 Å². The number of hydrogen-bond donors (Lipinski definition) is 3. The number of rotatable bonds is 7. The van der Waals surface area contributed by atoms with Gasteiger partial charge < -0.3 is 10.1 Å².